The van der Waals surface area contributed by atoms with Crippen molar-refractivity contribution in [1.82, 2.24) is 14.8 Å². The Kier molecular flexibility index (Phi) is 8.49. The van der Waals surface area contributed by atoms with Gasteiger partial charge >= 0.3 is 6.18 Å². The lowest BCUT2D eigenvalue weighted by Crippen LogP contribution is -2.27. The van der Waals surface area contributed by atoms with Gasteiger partial charge in [-0.15, -0.1) is 0 Å². The number of aromatic nitrogens is 3. The quantitative estimate of drug-likeness (QED) is 0.369. The fraction of sp³-hybridized carbons (Fsp3) is 0.591. The minimum atomic E-state index is -4.23. The minimum absolute atomic E-state index is 0.0452. The fourth-order valence-electron chi connectivity index (χ4n) is 4.03. The van der Waals surface area contributed by atoms with Crippen molar-refractivity contribution >= 4 is 6.29 Å². The summed E-state index contributed by atoms with van der Waals surface area (Å²) in [4.78, 5) is 15.7. The molecule has 2 atom stereocenters. The van der Waals surface area contributed by atoms with E-state index in [0.29, 0.717) is 43.3 Å². The number of aldehydes is 1. The Balaban J connectivity index is 1.66. The number of carbonyl (C=O) groups excluding carboxylic acids is 1. The summed E-state index contributed by atoms with van der Waals surface area (Å²) < 4.78 is 55.8. The second-order valence-corrected chi connectivity index (χ2v) is 7.83. The number of carbonyl (C=O) groups is 1. The zero-order valence-electron chi connectivity index (χ0n) is 18.0. The molecule has 2 aromatic rings. The molecule has 32 heavy (non-hydrogen) atoms. The van der Waals surface area contributed by atoms with Gasteiger partial charge in [-0.1, -0.05) is 12.8 Å². The molecule has 2 heterocycles. The highest BCUT2D eigenvalue weighted by atomic mass is 19.4. The van der Waals surface area contributed by atoms with Crippen molar-refractivity contribution in [2.24, 2.45) is 5.92 Å². The van der Waals surface area contributed by atoms with Crippen LogP contribution < -0.4 is 9.47 Å². The predicted octanol–water partition coefficient (Wildman–Crippen LogP) is 4.42. The summed E-state index contributed by atoms with van der Waals surface area (Å²) in [6, 6.07) is 3.31. The maximum Gasteiger partial charge on any atom is 0.390 e. The number of ether oxygens (including phenoxy) is 3. The average molecular weight is 455 g/mol. The maximum absolute atomic E-state index is 12.7. The van der Waals surface area contributed by atoms with Gasteiger partial charge in [0.05, 0.1) is 31.4 Å². The zero-order valence-corrected chi connectivity index (χ0v) is 18.0. The SMILES string of the molecule is COCCOc1cc(C=O)c(OCC2CCCCC2c2ccnn2CCC(F)(F)F)cn1. The first-order valence-corrected chi connectivity index (χ1v) is 10.7. The average Bonchev–Trinajstić information content (AvgIpc) is 3.25. The van der Waals surface area contributed by atoms with Crippen LogP contribution in [0.3, 0.4) is 0 Å². The Morgan fingerprint density at radius 2 is 2.03 bits per heavy atom. The molecular weight excluding hydrogens is 427 g/mol. The third-order valence-corrected chi connectivity index (χ3v) is 5.64. The number of pyridine rings is 1. The van der Waals surface area contributed by atoms with Gasteiger partial charge in [0.2, 0.25) is 5.88 Å². The van der Waals surface area contributed by atoms with E-state index < -0.39 is 12.6 Å². The van der Waals surface area contributed by atoms with Gasteiger partial charge in [0.1, 0.15) is 12.4 Å². The Morgan fingerprint density at radius 3 is 2.78 bits per heavy atom. The molecule has 0 saturated heterocycles. The van der Waals surface area contributed by atoms with Gasteiger partial charge in [0.25, 0.3) is 0 Å². The summed E-state index contributed by atoms with van der Waals surface area (Å²) in [5.41, 5.74) is 1.13. The van der Waals surface area contributed by atoms with Gasteiger partial charge in [-0.25, -0.2) is 4.98 Å². The van der Waals surface area contributed by atoms with Gasteiger partial charge in [-0.05, 0) is 18.9 Å². The van der Waals surface area contributed by atoms with Crippen LogP contribution in [0.25, 0.3) is 0 Å². The van der Waals surface area contributed by atoms with E-state index in [-0.39, 0.29) is 18.4 Å². The number of hydrogen-bond acceptors (Lipinski definition) is 6. The van der Waals surface area contributed by atoms with E-state index in [1.807, 2.05) is 0 Å². The van der Waals surface area contributed by atoms with E-state index in [4.69, 9.17) is 14.2 Å². The van der Waals surface area contributed by atoms with E-state index in [1.165, 1.54) is 16.9 Å². The molecule has 3 rings (SSSR count). The lowest BCUT2D eigenvalue weighted by molar-refractivity contribution is -0.137. The first kappa shape index (κ1) is 24.0. The standard InChI is InChI=1S/C22H28F3N3O4/c1-30-10-11-31-21-12-17(14-29)20(13-26-21)32-15-16-4-2-3-5-18(16)19-6-8-27-28(19)9-7-22(23,24)25/h6,8,12-14,16,18H,2-5,7,9-11,15H2,1H3. The number of aryl methyl sites for hydroxylation is 1. The molecule has 0 amide bonds. The number of nitrogens with zero attached hydrogens (tertiary/aromatic N) is 3. The van der Waals surface area contributed by atoms with Crippen LogP contribution in [0.15, 0.2) is 24.5 Å². The first-order valence-electron chi connectivity index (χ1n) is 10.7. The third-order valence-electron chi connectivity index (χ3n) is 5.64. The number of halogens is 3. The number of hydrogen-bond donors (Lipinski definition) is 0. The largest absolute Gasteiger partial charge is 0.491 e. The van der Waals surface area contributed by atoms with Crippen LogP contribution in [0.2, 0.25) is 0 Å². The molecule has 10 heteroatoms. The molecule has 176 valence electrons. The summed E-state index contributed by atoms with van der Waals surface area (Å²) in [5, 5.41) is 4.11. The normalized spacial score (nSPS) is 19.0. The van der Waals surface area contributed by atoms with Crippen molar-refractivity contribution in [1.29, 1.82) is 0 Å². The van der Waals surface area contributed by atoms with Crippen LogP contribution in [-0.2, 0) is 11.3 Å². The van der Waals surface area contributed by atoms with Crippen LogP contribution in [0.1, 0.15) is 54.1 Å². The van der Waals surface area contributed by atoms with Crippen molar-refractivity contribution < 1.29 is 32.2 Å². The van der Waals surface area contributed by atoms with Gasteiger partial charge in [0.15, 0.2) is 6.29 Å². The molecule has 2 unspecified atom stereocenters. The van der Waals surface area contributed by atoms with Crippen LogP contribution in [0.5, 0.6) is 11.6 Å². The molecule has 1 aliphatic carbocycles. The smallest absolute Gasteiger partial charge is 0.390 e. The summed E-state index contributed by atoms with van der Waals surface area (Å²) in [6.07, 6.45) is 2.32. The lowest BCUT2D eigenvalue weighted by atomic mass is 9.78. The summed E-state index contributed by atoms with van der Waals surface area (Å²) in [5.74, 6) is 0.806. The molecule has 2 aromatic heterocycles. The monoisotopic (exact) mass is 455 g/mol. The molecule has 1 saturated carbocycles. The van der Waals surface area contributed by atoms with E-state index in [9.17, 15) is 18.0 Å². The zero-order chi connectivity index (χ0) is 23.0. The van der Waals surface area contributed by atoms with Crippen LogP contribution in [0, 0.1) is 5.92 Å². The molecule has 7 nitrogen and oxygen atoms in total. The third kappa shape index (κ3) is 6.69. The molecule has 1 fully saturated rings. The minimum Gasteiger partial charge on any atom is -0.491 e. The molecule has 0 bridgehead atoms. The van der Waals surface area contributed by atoms with Gasteiger partial charge in [-0.3, -0.25) is 9.48 Å². The molecular formula is C22H28F3N3O4. The van der Waals surface area contributed by atoms with Gasteiger partial charge in [0, 0.05) is 43.4 Å². The maximum atomic E-state index is 12.7. The van der Waals surface area contributed by atoms with E-state index in [2.05, 4.69) is 10.1 Å². The molecule has 0 aliphatic heterocycles. The summed E-state index contributed by atoms with van der Waals surface area (Å²) >= 11 is 0. The summed E-state index contributed by atoms with van der Waals surface area (Å²) in [6.45, 7) is 0.855. The van der Waals surface area contributed by atoms with Crippen molar-refractivity contribution in [2.45, 2.75) is 50.7 Å². The van der Waals surface area contributed by atoms with E-state index >= 15 is 0 Å². The topological polar surface area (TPSA) is 75.5 Å². The van der Waals surface area contributed by atoms with Gasteiger partial charge in [-0.2, -0.15) is 18.3 Å². The lowest BCUT2D eigenvalue weighted by Gasteiger charge is -2.32. The molecule has 0 spiro atoms. The Bertz CT molecular complexity index is 872. The van der Waals surface area contributed by atoms with Crippen LogP contribution in [0.4, 0.5) is 13.2 Å². The van der Waals surface area contributed by atoms with Crippen LogP contribution >= 0.6 is 0 Å². The second kappa shape index (κ2) is 11.3. The van der Waals surface area contributed by atoms with Crippen LogP contribution in [-0.4, -0.2) is 54.2 Å². The molecule has 1 aliphatic rings. The highest BCUT2D eigenvalue weighted by molar-refractivity contribution is 5.79. The highest BCUT2D eigenvalue weighted by Gasteiger charge is 2.32. The molecule has 0 N–H and O–H groups in total. The Hall–Kier alpha value is -2.62. The Labute approximate surface area is 184 Å². The second-order valence-electron chi connectivity index (χ2n) is 7.83. The van der Waals surface area contributed by atoms with Crippen molar-refractivity contribution in [3.63, 3.8) is 0 Å². The number of alkyl halides is 3. The fourth-order valence-corrected chi connectivity index (χ4v) is 4.03. The summed E-state index contributed by atoms with van der Waals surface area (Å²) in [7, 11) is 1.56. The highest BCUT2D eigenvalue weighted by Crippen LogP contribution is 2.38. The van der Waals surface area contributed by atoms with E-state index in [0.717, 1.165) is 31.4 Å². The number of methoxy groups -OCH3 is 1. The number of rotatable bonds is 11. The van der Waals surface area contributed by atoms with Crippen molar-refractivity contribution in [2.75, 3.05) is 26.9 Å². The van der Waals surface area contributed by atoms with Gasteiger partial charge < -0.3 is 14.2 Å². The first-order chi connectivity index (χ1) is 15.4. The Morgan fingerprint density at radius 1 is 1.22 bits per heavy atom. The van der Waals surface area contributed by atoms with Crippen molar-refractivity contribution in [3.05, 3.63) is 35.8 Å². The van der Waals surface area contributed by atoms with E-state index in [1.54, 1.807) is 19.4 Å². The molecule has 0 radical (unpaired) electrons. The van der Waals surface area contributed by atoms with Crippen molar-refractivity contribution in [3.8, 4) is 11.6 Å². The predicted molar refractivity (Wildman–Crippen MR) is 110 cm³/mol. The molecule has 0 aromatic carbocycles.